The Hall–Kier alpha value is -2.08. The van der Waals surface area contributed by atoms with Crippen LogP contribution >= 0.6 is 0 Å². The van der Waals surface area contributed by atoms with Gasteiger partial charge in [0, 0.05) is 23.6 Å². The molecule has 0 unspecified atom stereocenters. The molecule has 0 N–H and O–H groups in total. The maximum Gasteiger partial charge on any atom is 0.292 e. The van der Waals surface area contributed by atoms with Gasteiger partial charge in [0.2, 0.25) is 0 Å². The Morgan fingerprint density at radius 2 is 2.11 bits per heavy atom. The summed E-state index contributed by atoms with van der Waals surface area (Å²) in [6.45, 7) is 1.32. The number of anilines is 1. The van der Waals surface area contributed by atoms with Crippen LogP contribution in [0.25, 0.3) is 10.4 Å². The predicted molar refractivity (Wildman–Crippen MR) is 66.4 cm³/mol. The number of para-hydroxylation sites is 1. The third kappa shape index (κ3) is 1.67. The lowest BCUT2D eigenvalue weighted by Crippen LogP contribution is -2.42. The lowest BCUT2D eigenvalue weighted by molar-refractivity contribution is -0.180. The number of amides is 1. The Morgan fingerprint density at radius 1 is 1.37 bits per heavy atom. The molecule has 2 aliphatic rings. The van der Waals surface area contributed by atoms with Gasteiger partial charge in [0.15, 0.2) is 0 Å². The fraction of sp³-hybridized carbons (Fsp3) is 0.417. The van der Waals surface area contributed by atoms with Gasteiger partial charge in [0.25, 0.3) is 11.7 Å². The smallest absolute Gasteiger partial charge is 0.292 e. The molecule has 1 saturated heterocycles. The van der Waals surface area contributed by atoms with Gasteiger partial charge in [-0.1, -0.05) is 23.3 Å². The van der Waals surface area contributed by atoms with Gasteiger partial charge in [-0.3, -0.25) is 4.79 Å². The van der Waals surface area contributed by atoms with Crippen LogP contribution in [0.2, 0.25) is 0 Å². The molecule has 7 heteroatoms. The SMILES string of the molecule is [N-]=[N+]=NCCN1C(=O)C2(OCCO2)c2ccccc21. The third-order valence-electron chi connectivity index (χ3n) is 3.26. The van der Waals surface area contributed by atoms with Crippen LogP contribution in [0.3, 0.4) is 0 Å². The van der Waals surface area contributed by atoms with E-state index in [1.54, 1.807) is 4.90 Å². The summed E-state index contributed by atoms with van der Waals surface area (Å²) in [4.78, 5) is 16.8. The standard InChI is InChI=1S/C12H12N4O3/c13-15-14-5-6-16-10-4-2-1-3-9(10)12(11(16)17)18-7-8-19-12/h1-4H,5-8H2. The molecule has 7 nitrogen and oxygen atoms in total. The normalized spacial score (nSPS) is 19.6. The van der Waals surface area contributed by atoms with Crippen LogP contribution in [0.1, 0.15) is 5.56 Å². The molecule has 98 valence electrons. The van der Waals surface area contributed by atoms with Crippen LogP contribution in [-0.4, -0.2) is 32.2 Å². The van der Waals surface area contributed by atoms with E-state index in [-0.39, 0.29) is 12.5 Å². The van der Waals surface area contributed by atoms with Crippen molar-refractivity contribution < 1.29 is 14.3 Å². The zero-order chi connectivity index (χ0) is 13.3. The summed E-state index contributed by atoms with van der Waals surface area (Å²) < 4.78 is 11.1. The molecular weight excluding hydrogens is 248 g/mol. The maximum absolute atomic E-state index is 12.5. The summed E-state index contributed by atoms with van der Waals surface area (Å²) in [6, 6.07) is 7.35. The summed E-state index contributed by atoms with van der Waals surface area (Å²) >= 11 is 0. The van der Waals surface area contributed by atoms with Crippen LogP contribution < -0.4 is 4.90 Å². The van der Waals surface area contributed by atoms with Gasteiger partial charge in [-0.2, -0.15) is 0 Å². The monoisotopic (exact) mass is 260 g/mol. The lowest BCUT2D eigenvalue weighted by atomic mass is 10.1. The number of carbonyl (C=O) groups excluding carboxylic acids is 1. The highest BCUT2D eigenvalue weighted by molar-refractivity contribution is 6.06. The van der Waals surface area contributed by atoms with Crippen molar-refractivity contribution in [3.05, 3.63) is 40.3 Å². The van der Waals surface area contributed by atoms with Gasteiger partial charge < -0.3 is 14.4 Å². The zero-order valence-electron chi connectivity index (χ0n) is 10.2. The minimum Gasteiger partial charge on any atom is -0.336 e. The first-order valence-electron chi connectivity index (χ1n) is 6.00. The fourth-order valence-electron chi connectivity index (χ4n) is 2.49. The van der Waals surface area contributed by atoms with E-state index >= 15 is 0 Å². The number of rotatable bonds is 3. The van der Waals surface area contributed by atoms with E-state index < -0.39 is 5.79 Å². The lowest BCUT2D eigenvalue weighted by Gasteiger charge is -2.21. The van der Waals surface area contributed by atoms with E-state index in [4.69, 9.17) is 15.0 Å². The molecule has 1 aromatic rings. The molecule has 0 aromatic heterocycles. The Bertz CT molecular complexity index is 562. The number of carbonyl (C=O) groups is 1. The van der Waals surface area contributed by atoms with E-state index in [2.05, 4.69) is 10.0 Å². The Morgan fingerprint density at radius 3 is 2.84 bits per heavy atom. The molecule has 1 amide bonds. The highest BCUT2D eigenvalue weighted by atomic mass is 16.7. The highest BCUT2D eigenvalue weighted by Crippen LogP contribution is 2.45. The summed E-state index contributed by atoms with van der Waals surface area (Å²) in [5.74, 6) is -1.55. The second kappa shape index (κ2) is 4.55. The first kappa shape index (κ1) is 12.0. The van der Waals surface area contributed by atoms with Crippen molar-refractivity contribution in [1.29, 1.82) is 0 Å². The van der Waals surface area contributed by atoms with Crippen LogP contribution in [0.4, 0.5) is 5.69 Å². The van der Waals surface area contributed by atoms with Gasteiger partial charge in [-0.25, -0.2) is 0 Å². The van der Waals surface area contributed by atoms with Crippen molar-refractivity contribution in [2.24, 2.45) is 5.11 Å². The Labute approximate surface area is 109 Å². The molecule has 0 bridgehead atoms. The average Bonchev–Trinajstić information content (AvgIpc) is 3.01. The van der Waals surface area contributed by atoms with E-state index in [9.17, 15) is 4.79 Å². The molecule has 19 heavy (non-hydrogen) atoms. The zero-order valence-corrected chi connectivity index (χ0v) is 10.2. The average molecular weight is 260 g/mol. The molecule has 1 spiro atoms. The molecular formula is C12H12N4O3. The summed E-state index contributed by atoms with van der Waals surface area (Å²) in [5, 5.41) is 3.46. The molecule has 3 rings (SSSR count). The molecule has 1 fully saturated rings. The maximum atomic E-state index is 12.5. The van der Waals surface area contributed by atoms with Crippen LogP contribution in [0, 0.1) is 0 Å². The Balaban J connectivity index is 1.99. The predicted octanol–water partition coefficient (Wildman–Crippen LogP) is 1.54. The van der Waals surface area contributed by atoms with Gasteiger partial charge >= 0.3 is 0 Å². The van der Waals surface area contributed by atoms with Gasteiger partial charge in [-0.15, -0.1) is 0 Å². The molecule has 1 aromatic carbocycles. The second-order valence-electron chi connectivity index (χ2n) is 4.24. The Kier molecular flexibility index (Phi) is 2.87. The summed E-state index contributed by atoms with van der Waals surface area (Å²) in [5.41, 5.74) is 9.78. The molecule has 0 saturated carbocycles. The number of nitrogens with zero attached hydrogens (tertiary/aromatic N) is 4. The van der Waals surface area contributed by atoms with Crippen molar-refractivity contribution in [2.75, 3.05) is 31.2 Å². The molecule has 0 atom stereocenters. The number of benzene rings is 1. The number of hydrogen-bond donors (Lipinski definition) is 0. The minimum absolute atomic E-state index is 0.215. The largest absolute Gasteiger partial charge is 0.336 e. The van der Waals surface area contributed by atoms with E-state index in [1.165, 1.54) is 0 Å². The highest BCUT2D eigenvalue weighted by Gasteiger charge is 2.55. The van der Waals surface area contributed by atoms with Crippen LogP contribution in [-0.2, 0) is 20.1 Å². The molecule has 2 aliphatic heterocycles. The molecule has 2 heterocycles. The number of ether oxygens (including phenoxy) is 2. The summed E-state index contributed by atoms with van der Waals surface area (Å²) in [7, 11) is 0. The second-order valence-corrected chi connectivity index (χ2v) is 4.24. The number of hydrogen-bond acceptors (Lipinski definition) is 4. The number of fused-ring (bicyclic) bond motifs is 2. The van der Waals surface area contributed by atoms with E-state index in [1.807, 2.05) is 24.3 Å². The van der Waals surface area contributed by atoms with E-state index in [0.717, 1.165) is 11.3 Å². The molecule has 0 radical (unpaired) electrons. The van der Waals surface area contributed by atoms with Gasteiger partial charge in [0.05, 0.1) is 18.9 Å². The van der Waals surface area contributed by atoms with Crippen molar-refractivity contribution >= 4 is 11.6 Å². The first-order valence-corrected chi connectivity index (χ1v) is 6.00. The van der Waals surface area contributed by atoms with Crippen molar-refractivity contribution in [1.82, 2.24) is 0 Å². The van der Waals surface area contributed by atoms with Crippen LogP contribution in [0.15, 0.2) is 29.4 Å². The number of azide groups is 1. The van der Waals surface area contributed by atoms with Crippen molar-refractivity contribution in [3.8, 4) is 0 Å². The minimum atomic E-state index is -1.30. The van der Waals surface area contributed by atoms with E-state index in [0.29, 0.717) is 19.8 Å². The first-order chi connectivity index (χ1) is 9.29. The third-order valence-corrected chi connectivity index (χ3v) is 3.26. The quantitative estimate of drug-likeness (QED) is 0.469. The summed E-state index contributed by atoms with van der Waals surface area (Å²) in [6.07, 6.45) is 0. The topological polar surface area (TPSA) is 87.5 Å². The van der Waals surface area contributed by atoms with Gasteiger partial charge in [-0.05, 0) is 11.6 Å². The van der Waals surface area contributed by atoms with Gasteiger partial charge in [0.1, 0.15) is 0 Å². The fourth-order valence-corrected chi connectivity index (χ4v) is 2.49. The molecule has 0 aliphatic carbocycles. The van der Waals surface area contributed by atoms with Crippen molar-refractivity contribution in [3.63, 3.8) is 0 Å². The van der Waals surface area contributed by atoms with Crippen molar-refractivity contribution in [2.45, 2.75) is 5.79 Å². The van der Waals surface area contributed by atoms with Crippen LogP contribution in [0.5, 0.6) is 0 Å².